The van der Waals surface area contributed by atoms with Crippen LogP contribution >= 0.6 is 11.3 Å². The van der Waals surface area contributed by atoms with Crippen molar-refractivity contribution in [2.24, 2.45) is 0 Å². The number of aryl methyl sites for hydroxylation is 1. The van der Waals surface area contributed by atoms with E-state index in [-0.39, 0.29) is 11.8 Å². The van der Waals surface area contributed by atoms with Crippen LogP contribution in [0.3, 0.4) is 0 Å². The van der Waals surface area contributed by atoms with Gasteiger partial charge in [0.2, 0.25) is 5.91 Å². The maximum absolute atomic E-state index is 12.5. The van der Waals surface area contributed by atoms with Crippen LogP contribution in [0, 0.1) is 0 Å². The Bertz CT molecular complexity index is 987. The van der Waals surface area contributed by atoms with E-state index in [4.69, 9.17) is 9.47 Å². The lowest BCUT2D eigenvalue weighted by Gasteiger charge is -2.09. The molecule has 0 atom stereocenters. The minimum absolute atomic E-state index is 0.0491. The molecule has 0 spiro atoms. The van der Waals surface area contributed by atoms with Crippen LogP contribution in [0.4, 0.5) is 5.69 Å². The summed E-state index contributed by atoms with van der Waals surface area (Å²) < 4.78 is 10.5. The molecule has 1 aromatic heterocycles. The van der Waals surface area contributed by atoms with Crippen molar-refractivity contribution < 1.29 is 19.1 Å². The number of rotatable bonds is 12. The molecule has 0 radical (unpaired) electrons. The number of carbonyl (C=O) groups is 2. The minimum Gasteiger partial charge on any atom is -0.491 e. The van der Waals surface area contributed by atoms with Gasteiger partial charge in [-0.05, 0) is 60.2 Å². The lowest BCUT2D eigenvalue weighted by atomic mass is 10.1. The summed E-state index contributed by atoms with van der Waals surface area (Å²) in [6, 6.07) is 18.6. The predicted molar refractivity (Wildman–Crippen MR) is 127 cm³/mol. The summed E-state index contributed by atoms with van der Waals surface area (Å²) in [7, 11) is 1.63. The summed E-state index contributed by atoms with van der Waals surface area (Å²) in [6.07, 6.45) is 2.13. The number of methoxy groups -OCH3 is 1. The van der Waals surface area contributed by atoms with Gasteiger partial charge in [-0.2, -0.15) is 0 Å². The zero-order valence-corrected chi connectivity index (χ0v) is 19.0. The summed E-state index contributed by atoms with van der Waals surface area (Å²) in [4.78, 5) is 26.0. The van der Waals surface area contributed by atoms with E-state index in [0.717, 1.165) is 24.2 Å². The molecule has 2 N–H and O–H groups in total. The Labute approximate surface area is 192 Å². The van der Waals surface area contributed by atoms with Gasteiger partial charge in [-0.3, -0.25) is 9.59 Å². The van der Waals surface area contributed by atoms with Gasteiger partial charge in [0, 0.05) is 36.2 Å². The molecule has 3 rings (SSSR count). The van der Waals surface area contributed by atoms with Crippen molar-refractivity contribution in [2.45, 2.75) is 25.8 Å². The Morgan fingerprint density at radius 3 is 2.59 bits per heavy atom. The zero-order chi connectivity index (χ0) is 22.6. The molecule has 0 aliphatic heterocycles. The van der Waals surface area contributed by atoms with Gasteiger partial charge in [0.05, 0.1) is 6.61 Å². The third-order valence-electron chi connectivity index (χ3n) is 4.75. The molecule has 0 fully saturated rings. The van der Waals surface area contributed by atoms with Crippen LogP contribution in [0.25, 0.3) is 0 Å². The van der Waals surface area contributed by atoms with Crippen molar-refractivity contribution >= 4 is 28.8 Å². The van der Waals surface area contributed by atoms with Gasteiger partial charge in [-0.1, -0.05) is 24.3 Å². The van der Waals surface area contributed by atoms with Crippen molar-refractivity contribution in [1.29, 1.82) is 0 Å². The normalized spacial score (nSPS) is 10.5. The van der Waals surface area contributed by atoms with Crippen LogP contribution in [0.1, 0.15) is 33.6 Å². The first kappa shape index (κ1) is 23.5. The first-order valence-electron chi connectivity index (χ1n) is 10.6. The average molecular weight is 453 g/mol. The Kier molecular flexibility index (Phi) is 9.28. The Balaban J connectivity index is 1.44. The number of amides is 2. The summed E-state index contributed by atoms with van der Waals surface area (Å²) >= 11 is 1.70. The summed E-state index contributed by atoms with van der Waals surface area (Å²) in [5.41, 5.74) is 2.09. The van der Waals surface area contributed by atoms with Crippen LogP contribution in [0.2, 0.25) is 0 Å². The largest absolute Gasteiger partial charge is 0.491 e. The van der Waals surface area contributed by atoms with Crippen molar-refractivity contribution in [3.63, 3.8) is 0 Å². The fourth-order valence-electron chi connectivity index (χ4n) is 3.07. The standard InChI is InChI=1S/C25H28N2O4S/c1-30-14-15-31-22-12-10-19(11-13-22)18-26-25(29)20-5-2-6-21(17-20)27-24(28)9-3-7-23-8-4-16-32-23/h2,4-6,8,10-13,16-17H,3,7,9,14-15,18H2,1H3,(H,26,29)(H,27,28). The molecule has 0 saturated heterocycles. The number of benzene rings is 2. The second-order valence-corrected chi connectivity index (χ2v) is 8.26. The molecule has 168 valence electrons. The highest BCUT2D eigenvalue weighted by atomic mass is 32.1. The molecule has 2 amide bonds. The topological polar surface area (TPSA) is 76.7 Å². The quantitative estimate of drug-likeness (QED) is 0.392. The van der Waals surface area contributed by atoms with Crippen LogP contribution in [0.5, 0.6) is 5.75 Å². The Morgan fingerprint density at radius 1 is 1.00 bits per heavy atom. The Morgan fingerprint density at radius 2 is 1.84 bits per heavy atom. The molecule has 0 unspecified atom stereocenters. The van der Waals surface area contributed by atoms with Gasteiger partial charge in [-0.25, -0.2) is 0 Å². The molecular formula is C25H28N2O4S. The molecule has 32 heavy (non-hydrogen) atoms. The third-order valence-corrected chi connectivity index (χ3v) is 5.68. The number of hydrogen-bond donors (Lipinski definition) is 2. The monoisotopic (exact) mass is 452 g/mol. The minimum atomic E-state index is -0.195. The van der Waals surface area contributed by atoms with E-state index < -0.39 is 0 Å². The second-order valence-electron chi connectivity index (χ2n) is 7.23. The van der Waals surface area contributed by atoms with Crippen molar-refractivity contribution in [1.82, 2.24) is 5.32 Å². The Hall–Kier alpha value is -3.16. The summed E-state index contributed by atoms with van der Waals surface area (Å²) in [5.74, 6) is 0.516. The van der Waals surface area contributed by atoms with Crippen molar-refractivity contribution in [3.8, 4) is 5.75 Å². The first-order chi connectivity index (χ1) is 15.6. The smallest absolute Gasteiger partial charge is 0.251 e. The maximum atomic E-state index is 12.5. The van der Waals surface area contributed by atoms with Gasteiger partial charge < -0.3 is 20.1 Å². The zero-order valence-electron chi connectivity index (χ0n) is 18.1. The van der Waals surface area contributed by atoms with E-state index >= 15 is 0 Å². The first-order valence-corrected chi connectivity index (χ1v) is 11.4. The van der Waals surface area contributed by atoms with E-state index in [1.807, 2.05) is 35.7 Å². The number of ether oxygens (including phenoxy) is 2. The van der Waals surface area contributed by atoms with Gasteiger partial charge in [-0.15, -0.1) is 11.3 Å². The highest BCUT2D eigenvalue weighted by Gasteiger charge is 2.08. The maximum Gasteiger partial charge on any atom is 0.251 e. The van der Waals surface area contributed by atoms with E-state index in [0.29, 0.717) is 37.4 Å². The molecule has 0 bridgehead atoms. The highest BCUT2D eigenvalue weighted by molar-refractivity contribution is 7.09. The van der Waals surface area contributed by atoms with Crippen LogP contribution in [-0.2, 0) is 22.5 Å². The fourth-order valence-corrected chi connectivity index (χ4v) is 3.82. The highest BCUT2D eigenvalue weighted by Crippen LogP contribution is 2.15. The number of thiophene rings is 1. The molecule has 0 aliphatic rings. The van der Waals surface area contributed by atoms with E-state index in [1.54, 1.807) is 42.7 Å². The van der Waals surface area contributed by atoms with Gasteiger partial charge in [0.25, 0.3) is 5.91 Å². The molecule has 1 heterocycles. The average Bonchev–Trinajstić information content (AvgIpc) is 3.32. The van der Waals surface area contributed by atoms with Gasteiger partial charge >= 0.3 is 0 Å². The second kappa shape index (κ2) is 12.6. The fraction of sp³-hybridized carbons (Fsp3) is 0.280. The molecule has 2 aromatic carbocycles. The summed E-state index contributed by atoms with van der Waals surface area (Å²) in [6.45, 7) is 1.43. The molecule has 0 saturated carbocycles. The van der Waals surface area contributed by atoms with Gasteiger partial charge in [0.15, 0.2) is 0 Å². The van der Waals surface area contributed by atoms with Crippen molar-refractivity contribution in [2.75, 3.05) is 25.6 Å². The molecule has 7 heteroatoms. The van der Waals surface area contributed by atoms with Gasteiger partial charge in [0.1, 0.15) is 12.4 Å². The molecule has 3 aromatic rings. The van der Waals surface area contributed by atoms with Crippen LogP contribution < -0.4 is 15.4 Å². The predicted octanol–water partition coefficient (Wildman–Crippen LogP) is 4.66. The van der Waals surface area contributed by atoms with Crippen LogP contribution in [0.15, 0.2) is 66.0 Å². The SMILES string of the molecule is COCCOc1ccc(CNC(=O)c2cccc(NC(=O)CCCc3cccs3)c2)cc1. The summed E-state index contributed by atoms with van der Waals surface area (Å²) in [5, 5.41) is 7.83. The molecule has 6 nitrogen and oxygen atoms in total. The van der Waals surface area contributed by atoms with E-state index in [2.05, 4.69) is 16.7 Å². The number of carbonyl (C=O) groups excluding carboxylic acids is 2. The third kappa shape index (κ3) is 7.83. The van der Waals surface area contributed by atoms with E-state index in [1.165, 1.54) is 4.88 Å². The number of anilines is 1. The molecular weight excluding hydrogens is 424 g/mol. The lowest BCUT2D eigenvalue weighted by molar-refractivity contribution is -0.116. The van der Waals surface area contributed by atoms with E-state index in [9.17, 15) is 9.59 Å². The molecule has 0 aliphatic carbocycles. The van der Waals surface area contributed by atoms with Crippen molar-refractivity contribution in [3.05, 3.63) is 82.0 Å². The lowest BCUT2D eigenvalue weighted by Crippen LogP contribution is -2.23. The number of hydrogen-bond acceptors (Lipinski definition) is 5. The number of nitrogens with one attached hydrogen (secondary N) is 2. The van der Waals surface area contributed by atoms with Crippen LogP contribution in [-0.4, -0.2) is 32.1 Å².